The van der Waals surface area contributed by atoms with Gasteiger partial charge in [0.1, 0.15) is 0 Å². The summed E-state index contributed by atoms with van der Waals surface area (Å²) in [7, 11) is 2.03. The highest BCUT2D eigenvalue weighted by Crippen LogP contribution is 2.46. The van der Waals surface area contributed by atoms with Gasteiger partial charge in [-0.25, -0.2) is 0 Å². The minimum absolute atomic E-state index is 0.832. The van der Waals surface area contributed by atoms with E-state index < -0.39 is 0 Å². The summed E-state index contributed by atoms with van der Waals surface area (Å²) >= 11 is 0. The molecule has 1 aromatic rings. The third-order valence-corrected chi connectivity index (χ3v) is 2.62. The van der Waals surface area contributed by atoms with Crippen LogP contribution in [0.3, 0.4) is 0 Å². The number of hydrogen-bond acceptors (Lipinski definition) is 1. The van der Waals surface area contributed by atoms with Crippen molar-refractivity contribution in [3.05, 3.63) is 35.9 Å². The van der Waals surface area contributed by atoms with Gasteiger partial charge < -0.3 is 5.32 Å². The van der Waals surface area contributed by atoms with E-state index >= 15 is 0 Å². The van der Waals surface area contributed by atoms with Gasteiger partial charge in [-0.1, -0.05) is 30.3 Å². The van der Waals surface area contributed by atoms with Gasteiger partial charge >= 0.3 is 0 Å². The molecule has 1 aliphatic carbocycles. The van der Waals surface area contributed by atoms with Crippen LogP contribution in [0.25, 0.3) is 0 Å². The van der Waals surface area contributed by atoms with Crippen LogP contribution in [0.15, 0.2) is 30.3 Å². The first kappa shape index (κ1) is 7.81. The highest BCUT2D eigenvalue weighted by atomic mass is 14.8. The predicted molar refractivity (Wildman–Crippen MR) is 51.2 cm³/mol. The van der Waals surface area contributed by atoms with Crippen molar-refractivity contribution < 1.29 is 0 Å². The number of hydrogen-bond donors (Lipinski definition) is 1. The molecule has 0 heterocycles. The maximum absolute atomic E-state index is 3.23. The highest BCUT2D eigenvalue weighted by molar-refractivity contribution is 5.25. The lowest BCUT2D eigenvalue weighted by atomic mass is 10.1. The average molecular weight is 161 g/mol. The van der Waals surface area contributed by atoms with Gasteiger partial charge in [0, 0.05) is 0 Å². The molecule has 1 aromatic carbocycles. The topological polar surface area (TPSA) is 12.0 Å². The zero-order valence-electron chi connectivity index (χ0n) is 7.46. The zero-order valence-corrected chi connectivity index (χ0v) is 7.46. The summed E-state index contributed by atoms with van der Waals surface area (Å²) in [6, 6.07) is 10.8. The standard InChI is InChI=1S/C11H15N/c1-12-8-10-7-11(10)9-5-3-2-4-6-9/h2-6,10-12H,7-8H2,1H3/t10-,11-/m1/s1. The van der Waals surface area contributed by atoms with Crippen LogP contribution in [0.5, 0.6) is 0 Å². The molecule has 64 valence electrons. The molecule has 1 nitrogen and oxygen atoms in total. The minimum atomic E-state index is 0.832. The van der Waals surface area contributed by atoms with Crippen molar-refractivity contribution in [1.82, 2.24) is 5.32 Å². The summed E-state index contributed by atoms with van der Waals surface area (Å²) in [6.07, 6.45) is 1.37. The molecule has 0 unspecified atom stereocenters. The van der Waals surface area contributed by atoms with E-state index in [9.17, 15) is 0 Å². The van der Waals surface area contributed by atoms with Gasteiger partial charge in [0.05, 0.1) is 0 Å². The fourth-order valence-electron chi connectivity index (χ4n) is 1.84. The van der Waals surface area contributed by atoms with E-state index in [-0.39, 0.29) is 0 Å². The molecule has 0 radical (unpaired) electrons. The monoisotopic (exact) mass is 161 g/mol. The summed E-state index contributed by atoms with van der Waals surface area (Å²) in [5.41, 5.74) is 1.51. The van der Waals surface area contributed by atoms with E-state index in [2.05, 4.69) is 35.6 Å². The molecule has 12 heavy (non-hydrogen) atoms. The molecule has 0 bridgehead atoms. The summed E-state index contributed by atoms with van der Waals surface area (Å²) in [5.74, 6) is 1.72. The van der Waals surface area contributed by atoms with Crippen LogP contribution >= 0.6 is 0 Å². The molecule has 0 amide bonds. The van der Waals surface area contributed by atoms with Gasteiger partial charge in [-0.05, 0) is 37.4 Å². The Bertz CT molecular complexity index is 242. The van der Waals surface area contributed by atoms with Crippen LogP contribution in [-0.4, -0.2) is 13.6 Å². The van der Waals surface area contributed by atoms with Crippen molar-refractivity contribution in [3.8, 4) is 0 Å². The Kier molecular flexibility index (Phi) is 2.13. The van der Waals surface area contributed by atoms with Gasteiger partial charge in [0.25, 0.3) is 0 Å². The molecule has 0 saturated heterocycles. The summed E-state index contributed by atoms with van der Waals surface area (Å²) in [6.45, 7) is 1.17. The Hall–Kier alpha value is -0.820. The van der Waals surface area contributed by atoms with Crippen LogP contribution in [-0.2, 0) is 0 Å². The maximum Gasteiger partial charge on any atom is -0.00175 e. The molecule has 0 spiro atoms. The van der Waals surface area contributed by atoms with Crippen molar-refractivity contribution in [2.45, 2.75) is 12.3 Å². The summed E-state index contributed by atoms with van der Waals surface area (Å²) in [4.78, 5) is 0. The predicted octanol–water partition coefficient (Wildman–Crippen LogP) is 2.01. The fraction of sp³-hybridized carbons (Fsp3) is 0.455. The van der Waals surface area contributed by atoms with Crippen LogP contribution in [0.4, 0.5) is 0 Å². The van der Waals surface area contributed by atoms with Gasteiger partial charge in [0.2, 0.25) is 0 Å². The van der Waals surface area contributed by atoms with Gasteiger partial charge in [-0.2, -0.15) is 0 Å². The molecule has 1 aliphatic rings. The van der Waals surface area contributed by atoms with Gasteiger partial charge in [-0.15, -0.1) is 0 Å². The minimum Gasteiger partial charge on any atom is -0.319 e. The second-order valence-corrected chi connectivity index (χ2v) is 3.57. The molecule has 1 N–H and O–H groups in total. The third kappa shape index (κ3) is 1.51. The van der Waals surface area contributed by atoms with Crippen LogP contribution in [0, 0.1) is 5.92 Å². The molecular formula is C11H15N. The van der Waals surface area contributed by atoms with E-state index in [4.69, 9.17) is 0 Å². The van der Waals surface area contributed by atoms with Crippen molar-refractivity contribution in [3.63, 3.8) is 0 Å². The quantitative estimate of drug-likeness (QED) is 0.715. The average Bonchev–Trinajstić information content (AvgIpc) is 2.87. The van der Waals surface area contributed by atoms with E-state index in [0.29, 0.717) is 0 Å². The van der Waals surface area contributed by atoms with Gasteiger partial charge in [0.15, 0.2) is 0 Å². The first-order chi connectivity index (χ1) is 5.92. The first-order valence-corrected chi connectivity index (χ1v) is 4.61. The van der Waals surface area contributed by atoms with Crippen molar-refractivity contribution in [2.75, 3.05) is 13.6 Å². The number of nitrogens with one attached hydrogen (secondary N) is 1. The Morgan fingerprint density at radius 2 is 2.08 bits per heavy atom. The summed E-state index contributed by atoms with van der Waals surface area (Å²) in [5, 5.41) is 3.23. The molecule has 1 saturated carbocycles. The molecule has 0 aromatic heterocycles. The highest BCUT2D eigenvalue weighted by Gasteiger charge is 2.36. The Morgan fingerprint density at radius 1 is 1.33 bits per heavy atom. The smallest absolute Gasteiger partial charge is 0.00175 e. The van der Waals surface area contributed by atoms with Crippen molar-refractivity contribution in [2.24, 2.45) is 5.92 Å². The molecule has 1 heteroatoms. The second-order valence-electron chi connectivity index (χ2n) is 3.57. The van der Waals surface area contributed by atoms with E-state index in [1.807, 2.05) is 7.05 Å². The maximum atomic E-state index is 3.23. The lowest BCUT2D eigenvalue weighted by Crippen LogP contribution is -2.10. The molecule has 0 aliphatic heterocycles. The Labute approximate surface area is 73.8 Å². The lowest BCUT2D eigenvalue weighted by Gasteiger charge is -1.98. The van der Waals surface area contributed by atoms with E-state index in [0.717, 1.165) is 11.8 Å². The zero-order chi connectivity index (χ0) is 8.39. The Morgan fingerprint density at radius 3 is 2.75 bits per heavy atom. The molecule has 2 atom stereocenters. The number of rotatable bonds is 3. The van der Waals surface area contributed by atoms with Crippen LogP contribution in [0.2, 0.25) is 0 Å². The first-order valence-electron chi connectivity index (χ1n) is 4.61. The number of benzene rings is 1. The lowest BCUT2D eigenvalue weighted by molar-refractivity contribution is 0.698. The normalized spacial score (nSPS) is 27.1. The summed E-state index contributed by atoms with van der Waals surface area (Å²) < 4.78 is 0. The molecule has 2 rings (SSSR count). The largest absolute Gasteiger partial charge is 0.319 e. The molecule has 1 fully saturated rings. The SMILES string of the molecule is CNC[C@H]1C[C@@H]1c1ccccc1. The van der Waals surface area contributed by atoms with Crippen LogP contribution < -0.4 is 5.32 Å². The van der Waals surface area contributed by atoms with E-state index in [1.165, 1.54) is 18.5 Å². The third-order valence-electron chi connectivity index (χ3n) is 2.62. The van der Waals surface area contributed by atoms with Gasteiger partial charge in [-0.3, -0.25) is 0 Å². The van der Waals surface area contributed by atoms with Crippen LogP contribution in [0.1, 0.15) is 17.9 Å². The Balaban J connectivity index is 1.97. The van der Waals surface area contributed by atoms with Crippen molar-refractivity contribution in [1.29, 1.82) is 0 Å². The second kappa shape index (κ2) is 3.28. The molecular weight excluding hydrogens is 146 g/mol. The van der Waals surface area contributed by atoms with E-state index in [1.54, 1.807) is 0 Å². The van der Waals surface area contributed by atoms with Crippen molar-refractivity contribution >= 4 is 0 Å². The fourth-order valence-corrected chi connectivity index (χ4v) is 1.84.